The van der Waals surface area contributed by atoms with E-state index >= 15 is 0 Å². The van der Waals surface area contributed by atoms with Crippen molar-refractivity contribution in [2.45, 2.75) is 38.0 Å². The SMILES string of the molecule is C[C@@H](NC(=O)Cn1cccn1)[C@H](Cc1ccc(Cl)cc1)c1ccc(Cl)cc1.O=C([O-])C(F)(F)F. The number of carbonyl (C=O) groups excluding carboxylic acids is 2. The first-order chi connectivity index (χ1) is 16.0. The molecule has 2 atom stereocenters. The molecular weight excluding hydrogens is 494 g/mol. The van der Waals surface area contributed by atoms with Crippen LogP contribution >= 0.6 is 23.2 Å². The van der Waals surface area contributed by atoms with Crippen LogP contribution in [0.1, 0.15) is 24.0 Å². The van der Waals surface area contributed by atoms with E-state index in [4.69, 9.17) is 33.1 Å². The van der Waals surface area contributed by atoms with Gasteiger partial charge < -0.3 is 15.2 Å². The van der Waals surface area contributed by atoms with Crippen molar-refractivity contribution in [3.05, 3.63) is 88.2 Å². The van der Waals surface area contributed by atoms with E-state index in [0.29, 0.717) is 10.0 Å². The zero-order valence-corrected chi connectivity index (χ0v) is 19.4. The third-order valence-electron chi connectivity index (χ3n) is 4.76. The molecule has 0 aliphatic carbocycles. The molecule has 1 aromatic heterocycles. The van der Waals surface area contributed by atoms with Crippen LogP contribution in [0.2, 0.25) is 10.0 Å². The molecule has 3 rings (SSSR count). The maximum Gasteiger partial charge on any atom is 0.430 e. The first-order valence-electron chi connectivity index (χ1n) is 10.0. The lowest BCUT2D eigenvalue weighted by Gasteiger charge is -2.26. The van der Waals surface area contributed by atoms with Gasteiger partial charge >= 0.3 is 6.18 Å². The quantitative estimate of drug-likeness (QED) is 0.515. The number of nitrogens with one attached hydrogen (secondary N) is 1. The average molecular weight is 515 g/mol. The zero-order chi connectivity index (χ0) is 25.3. The van der Waals surface area contributed by atoms with Crippen molar-refractivity contribution >= 4 is 35.1 Å². The molecule has 1 heterocycles. The van der Waals surface area contributed by atoms with Gasteiger partial charge in [-0.05, 0) is 54.8 Å². The Morgan fingerprint density at radius 3 is 2.06 bits per heavy atom. The molecule has 0 saturated carbocycles. The Balaban J connectivity index is 0.000000509. The number of carboxylic acid groups (broad SMARTS) is 1. The van der Waals surface area contributed by atoms with E-state index in [1.807, 2.05) is 55.5 Å². The van der Waals surface area contributed by atoms with Gasteiger partial charge in [-0.2, -0.15) is 18.3 Å². The molecule has 182 valence electrons. The smallest absolute Gasteiger partial charge is 0.430 e. The molecule has 0 aliphatic rings. The Morgan fingerprint density at radius 1 is 1.06 bits per heavy atom. The normalized spacial score (nSPS) is 12.8. The maximum atomic E-state index is 12.4. The van der Waals surface area contributed by atoms with Crippen LogP contribution in [-0.2, 0) is 22.6 Å². The molecule has 0 radical (unpaired) electrons. The van der Waals surface area contributed by atoms with E-state index in [-0.39, 0.29) is 24.4 Å². The van der Waals surface area contributed by atoms with Crippen molar-refractivity contribution in [1.29, 1.82) is 0 Å². The van der Waals surface area contributed by atoms with E-state index < -0.39 is 12.1 Å². The predicted octanol–water partition coefficient (Wildman–Crippen LogP) is 4.02. The second kappa shape index (κ2) is 12.4. The van der Waals surface area contributed by atoms with Gasteiger partial charge in [0.1, 0.15) is 12.5 Å². The molecule has 1 N–H and O–H groups in total. The van der Waals surface area contributed by atoms with Gasteiger partial charge in [-0.25, -0.2) is 0 Å². The highest BCUT2D eigenvalue weighted by Crippen LogP contribution is 2.26. The average Bonchev–Trinajstić information content (AvgIpc) is 3.26. The van der Waals surface area contributed by atoms with E-state index in [2.05, 4.69) is 10.4 Å². The number of benzene rings is 2. The molecule has 0 fully saturated rings. The number of aromatic nitrogens is 2. The number of carboxylic acids is 1. The molecule has 34 heavy (non-hydrogen) atoms. The third kappa shape index (κ3) is 9.07. The lowest BCUT2D eigenvalue weighted by Crippen LogP contribution is -2.39. The van der Waals surface area contributed by atoms with E-state index in [1.54, 1.807) is 23.1 Å². The number of aliphatic carboxylic acids is 1. The summed E-state index contributed by atoms with van der Waals surface area (Å²) >= 11 is 12.0. The van der Waals surface area contributed by atoms with Crippen molar-refractivity contribution in [1.82, 2.24) is 15.1 Å². The van der Waals surface area contributed by atoms with Crippen LogP contribution in [0.5, 0.6) is 0 Å². The zero-order valence-electron chi connectivity index (χ0n) is 17.9. The Morgan fingerprint density at radius 2 is 1.59 bits per heavy atom. The fourth-order valence-corrected chi connectivity index (χ4v) is 3.36. The van der Waals surface area contributed by atoms with Crippen LogP contribution in [0.3, 0.4) is 0 Å². The number of rotatable bonds is 7. The summed E-state index contributed by atoms with van der Waals surface area (Å²) < 4.78 is 33.2. The molecule has 0 spiro atoms. The highest BCUT2D eigenvalue weighted by atomic mass is 35.5. The second-order valence-corrected chi connectivity index (χ2v) is 8.21. The summed E-state index contributed by atoms with van der Waals surface area (Å²) in [5.41, 5.74) is 2.29. The fraction of sp³-hybridized carbons (Fsp3) is 0.261. The standard InChI is InChI=1S/C21H21Cl2N3O.C2HF3O2/c1-15(25-21(27)14-26-12-2-11-24-26)20(17-5-9-19(23)10-6-17)13-16-3-7-18(22)8-4-16;3-2(4,5)1(6)7/h2-12,15,20H,13-14H2,1H3,(H,25,27);(H,6,7)/p-1/t15-,20+;/m1./s1. The van der Waals surface area contributed by atoms with Gasteiger partial charge in [-0.3, -0.25) is 9.48 Å². The fourth-order valence-electron chi connectivity index (χ4n) is 3.11. The molecular formula is C23H21Cl2F3N3O3-. The third-order valence-corrected chi connectivity index (χ3v) is 5.26. The lowest BCUT2D eigenvalue weighted by atomic mass is 9.86. The molecule has 2 aromatic carbocycles. The molecule has 0 saturated heterocycles. The number of hydrogen-bond acceptors (Lipinski definition) is 4. The highest BCUT2D eigenvalue weighted by molar-refractivity contribution is 6.30. The minimum atomic E-state index is -5.19. The topological polar surface area (TPSA) is 87.0 Å². The minimum Gasteiger partial charge on any atom is -0.542 e. The molecule has 0 aliphatic heterocycles. The molecule has 0 unspecified atom stereocenters. The van der Waals surface area contributed by atoms with Crippen LogP contribution in [0.4, 0.5) is 13.2 Å². The highest BCUT2D eigenvalue weighted by Gasteiger charge is 2.28. The Labute approximate surface area is 204 Å². The molecule has 0 bridgehead atoms. The van der Waals surface area contributed by atoms with Gasteiger partial charge in [-0.1, -0.05) is 47.5 Å². The summed E-state index contributed by atoms with van der Waals surface area (Å²) in [6.07, 6.45) is -0.982. The van der Waals surface area contributed by atoms with Crippen molar-refractivity contribution in [3.8, 4) is 0 Å². The number of alkyl halides is 3. The monoisotopic (exact) mass is 514 g/mol. The molecule has 1 amide bonds. The Kier molecular flexibility index (Phi) is 9.95. The number of nitrogens with zero attached hydrogens (tertiary/aromatic N) is 2. The summed E-state index contributed by atoms with van der Waals surface area (Å²) in [4.78, 5) is 21.2. The molecule has 3 aromatic rings. The second-order valence-electron chi connectivity index (χ2n) is 7.33. The van der Waals surface area contributed by atoms with Crippen LogP contribution in [0, 0.1) is 0 Å². The summed E-state index contributed by atoms with van der Waals surface area (Å²) in [6, 6.07) is 17.3. The minimum absolute atomic E-state index is 0.0649. The Hall–Kier alpha value is -3.04. The van der Waals surface area contributed by atoms with Crippen molar-refractivity contribution in [2.75, 3.05) is 0 Å². The lowest BCUT2D eigenvalue weighted by molar-refractivity contribution is -0.344. The van der Waals surface area contributed by atoms with E-state index in [0.717, 1.165) is 17.5 Å². The predicted molar refractivity (Wildman–Crippen MR) is 120 cm³/mol. The van der Waals surface area contributed by atoms with Crippen molar-refractivity contribution in [2.24, 2.45) is 0 Å². The van der Waals surface area contributed by atoms with Crippen LogP contribution < -0.4 is 10.4 Å². The molecule has 11 heteroatoms. The van der Waals surface area contributed by atoms with E-state index in [9.17, 15) is 18.0 Å². The van der Waals surface area contributed by atoms with Gasteiger partial charge in [0.15, 0.2) is 0 Å². The number of amides is 1. The maximum absolute atomic E-state index is 12.4. The largest absolute Gasteiger partial charge is 0.542 e. The molecule has 6 nitrogen and oxygen atoms in total. The summed E-state index contributed by atoms with van der Waals surface area (Å²) in [5.74, 6) is -2.97. The van der Waals surface area contributed by atoms with Crippen LogP contribution in [0.25, 0.3) is 0 Å². The van der Waals surface area contributed by atoms with E-state index in [1.165, 1.54) is 0 Å². The van der Waals surface area contributed by atoms with Gasteiger partial charge in [-0.15, -0.1) is 0 Å². The summed E-state index contributed by atoms with van der Waals surface area (Å²) in [7, 11) is 0. The number of carbonyl (C=O) groups is 2. The summed E-state index contributed by atoms with van der Waals surface area (Å²) in [6.45, 7) is 2.22. The van der Waals surface area contributed by atoms with Gasteiger partial charge in [0.05, 0.1) is 0 Å². The Bertz CT molecular complexity index is 1060. The van der Waals surface area contributed by atoms with Crippen LogP contribution in [-0.4, -0.2) is 33.9 Å². The first-order valence-corrected chi connectivity index (χ1v) is 10.8. The summed E-state index contributed by atoms with van der Waals surface area (Å²) in [5, 5.41) is 17.4. The van der Waals surface area contributed by atoms with Gasteiger partial charge in [0, 0.05) is 34.4 Å². The van der Waals surface area contributed by atoms with Crippen LogP contribution in [0.15, 0.2) is 67.0 Å². The van der Waals surface area contributed by atoms with Crippen molar-refractivity contribution < 1.29 is 27.9 Å². The number of hydrogen-bond donors (Lipinski definition) is 1. The van der Waals surface area contributed by atoms with Gasteiger partial charge in [0.25, 0.3) is 0 Å². The van der Waals surface area contributed by atoms with Gasteiger partial charge in [0.2, 0.25) is 5.91 Å². The van der Waals surface area contributed by atoms with Crippen molar-refractivity contribution in [3.63, 3.8) is 0 Å². The number of halogens is 5. The first kappa shape index (κ1) is 27.2.